The maximum atomic E-state index is 14.0. The van der Waals surface area contributed by atoms with Gasteiger partial charge >= 0.3 is 0 Å². The average molecular weight is 513 g/mol. The summed E-state index contributed by atoms with van der Waals surface area (Å²) < 4.78 is 16.0. The Morgan fingerprint density at radius 3 is 2.18 bits per heavy atom. The van der Waals surface area contributed by atoms with Crippen molar-refractivity contribution in [3.63, 3.8) is 0 Å². The van der Waals surface area contributed by atoms with Crippen molar-refractivity contribution in [3.8, 4) is 34.7 Å². The molecule has 4 rings (SSSR count). The van der Waals surface area contributed by atoms with Crippen molar-refractivity contribution >= 4 is 11.6 Å². The van der Waals surface area contributed by atoms with Crippen LogP contribution in [0.4, 0.5) is 10.1 Å². The Bertz CT molecular complexity index is 1390. The predicted molar refractivity (Wildman–Crippen MR) is 157 cm³/mol. The number of para-hydroxylation sites is 1. The molecule has 0 bridgehead atoms. The van der Waals surface area contributed by atoms with Crippen molar-refractivity contribution < 1.29 is 15.7 Å². The first kappa shape index (κ1) is 28.4. The fraction of sp³-hybridized carbons (Fsp3) is 0.242. The number of amides is 1. The first-order valence-corrected chi connectivity index (χ1v) is 12.5. The van der Waals surface area contributed by atoms with Crippen LogP contribution in [-0.4, -0.2) is 21.7 Å². The second-order valence-electron chi connectivity index (χ2n) is 9.33. The Morgan fingerprint density at radius 2 is 1.61 bits per heavy atom. The first-order chi connectivity index (χ1) is 17.9. The van der Waals surface area contributed by atoms with Gasteiger partial charge < -0.3 is 15.0 Å². The second kappa shape index (κ2) is 12.9. The molecule has 1 aromatic heterocycles. The molecule has 198 valence electrons. The van der Waals surface area contributed by atoms with Gasteiger partial charge in [-0.3, -0.25) is 4.79 Å². The topological polar surface area (TPSA) is 54.3 Å². The van der Waals surface area contributed by atoms with E-state index in [1.807, 2.05) is 74.5 Å². The van der Waals surface area contributed by atoms with E-state index in [2.05, 4.69) is 15.8 Å². The minimum Gasteiger partial charge on any atom is -0.392 e. The number of aliphatic hydroxyl groups is 1. The lowest BCUT2D eigenvalue weighted by Crippen LogP contribution is -2.17. The number of halogens is 1. The molecule has 0 radical (unpaired) electrons. The third kappa shape index (κ3) is 6.22. The maximum absolute atomic E-state index is 14.0. The zero-order chi connectivity index (χ0) is 26.4. The number of benzene rings is 3. The van der Waals surface area contributed by atoms with E-state index in [-0.39, 0.29) is 32.9 Å². The van der Waals surface area contributed by atoms with Crippen molar-refractivity contribution in [3.05, 3.63) is 102 Å². The van der Waals surface area contributed by atoms with Crippen LogP contribution in [0.25, 0.3) is 22.4 Å². The number of aromatic nitrogens is 1. The summed E-state index contributed by atoms with van der Waals surface area (Å²) in [4.78, 5) is 14.0. The quantitative estimate of drug-likeness (QED) is 0.223. The molecule has 1 atom stereocenters. The van der Waals surface area contributed by atoms with Crippen LogP contribution in [0.5, 0.6) is 0 Å². The third-order valence-corrected chi connectivity index (χ3v) is 6.33. The number of rotatable bonds is 9. The first-order valence-electron chi connectivity index (χ1n) is 12.5. The monoisotopic (exact) mass is 512 g/mol. The van der Waals surface area contributed by atoms with E-state index in [1.54, 1.807) is 12.1 Å². The van der Waals surface area contributed by atoms with E-state index in [0.717, 1.165) is 28.1 Å². The minimum atomic E-state index is -0.671. The fourth-order valence-corrected chi connectivity index (χ4v) is 4.72. The lowest BCUT2D eigenvalue weighted by atomic mass is 9.94. The van der Waals surface area contributed by atoms with Gasteiger partial charge in [0.15, 0.2) is 0 Å². The van der Waals surface area contributed by atoms with Gasteiger partial charge in [-0.2, -0.15) is 0 Å². The van der Waals surface area contributed by atoms with E-state index >= 15 is 0 Å². The summed E-state index contributed by atoms with van der Waals surface area (Å²) in [5, 5.41) is 13.5. The third-order valence-electron chi connectivity index (χ3n) is 6.33. The van der Waals surface area contributed by atoms with Gasteiger partial charge in [-0.25, -0.2) is 4.39 Å². The van der Waals surface area contributed by atoms with Gasteiger partial charge in [-0.05, 0) is 59.9 Å². The SMILES string of the molecule is C.C#CC[C@H](O)CCn1c(-c2ccc(F)cc2)c(-c2ccccc2)c(C(=O)Nc2ccccc2)c1C(C)C.[HH]. The van der Waals surface area contributed by atoms with Crippen LogP contribution in [0, 0.1) is 18.2 Å². The molecule has 0 aliphatic heterocycles. The van der Waals surface area contributed by atoms with Crippen molar-refractivity contribution in [2.24, 2.45) is 0 Å². The summed E-state index contributed by atoms with van der Waals surface area (Å²) in [6.07, 6.45) is 5.42. The highest BCUT2D eigenvalue weighted by Gasteiger charge is 2.30. The smallest absolute Gasteiger partial charge is 0.258 e. The van der Waals surface area contributed by atoms with Crippen molar-refractivity contribution in [2.75, 3.05) is 5.32 Å². The molecule has 0 fully saturated rings. The van der Waals surface area contributed by atoms with Crippen LogP contribution in [-0.2, 0) is 6.54 Å². The van der Waals surface area contributed by atoms with Crippen LogP contribution >= 0.6 is 0 Å². The summed E-state index contributed by atoms with van der Waals surface area (Å²) in [5.74, 6) is 1.94. The Hall–Kier alpha value is -4.14. The summed E-state index contributed by atoms with van der Waals surface area (Å²) >= 11 is 0. The lowest BCUT2D eigenvalue weighted by molar-refractivity contribution is 0.102. The zero-order valence-corrected chi connectivity index (χ0v) is 21.1. The van der Waals surface area contributed by atoms with E-state index in [1.165, 1.54) is 12.1 Å². The Morgan fingerprint density at radius 1 is 1.00 bits per heavy atom. The van der Waals surface area contributed by atoms with E-state index in [0.29, 0.717) is 24.2 Å². The number of hydrogen-bond acceptors (Lipinski definition) is 2. The van der Waals surface area contributed by atoms with Gasteiger partial charge in [-0.1, -0.05) is 69.8 Å². The van der Waals surface area contributed by atoms with Gasteiger partial charge in [0.05, 0.1) is 17.4 Å². The van der Waals surface area contributed by atoms with Crippen molar-refractivity contribution in [1.29, 1.82) is 0 Å². The van der Waals surface area contributed by atoms with Crippen molar-refractivity contribution in [2.45, 2.75) is 52.7 Å². The van der Waals surface area contributed by atoms with Crippen LogP contribution in [0.2, 0.25) is 0 Å². The predicted octanol–water partition coefficient (Wildman–Crippen LogP) is 7.99. The summed E-state index contributed by atoms with van der Waals surface area (Å²) in [7, 11) is 0. The van der Waals surface area contributed by atoms with Crippen LogP contribution < -0.4 is 5.32 Å². The van der Waals surface area contributed by atoms with E-state index in [9.17, 15) is 14.3 Å². The molecule has 0 saturated heterocycles. The van der Waals surface area contributed by atoms with Gasteiger partial charge in [0.25, 0.3) is 5.91 Å². The summed E-state index contributed by atoms with van der Waals surface area (Å²) in [5.41, 5.74) is 5.35. The number of terminal acetylenes is 1. The zero-order valence-electron chi connectivity index (χ0n) is 21.1. The van der Waals surface area contributed by atoms with Crippen LogP contribution in [0.3, 0.4) is 0 Å². The summed E-state index contributed by atoms with van der Waals surface area (Å²) in [6, 6.07) is 25.4. The standard InChI is InChI=1S/C32H31FN2O2.CH4.H2/c1-4-11-27(36)20-21-35-30(22(2)3)29(32(37)34-26-14-9-6-10-15-26)28(23-12-7-5-8-13-23)31(35)24-16-18-25(33)19-17-24;;/h1,5-10,12-19,22,27,36H,11,20-21H2,2-3H3,(H,34,37);1H4;1H/t27-;;/m0../s1. The second-order valence-corrected chi connectivity index (χ2v) is 9.33. The number of anilines is 1. The van der Waals surface area contributed by atoms with E-state index in [4.69, 9.17) is 6.42 Å². The summed E-state index contributed by atoms with van der Waals surface area (Å²) in [6.45, 7) is 4.54. The number of carbonyl (C=O) groups is 1. The Balaban J connectivity index is 0.00000267. The van der Waals surface area contributed by atoms with Gasteiger partial charge in [0, 0.05) is 31.3 Å². The molecule has 0 aliphatic carbocycles. The molecule has 0 spiro atoms. The normalized spacial score (nSPS) is 11.5. The molecule has 5 heteroatoms. The molecule has 1 amide bonds. The van der Waals surface area contributed by atoms with Crippen LogP contribution in [0.1, 0.15) is 57.5 Å². The number of aliphatic hydroxyl groups excluding tert-OH is 1. The largest absolute Gasteiger partial charge is 0.392 e. The molecule has 0 unspecified atom stereocenters. The number of carbonyl (C=O) groups excluding carboxylic acids is 1. The molecule has 1 heterocycles. The highest BCUT2D eigenvalue weighted by Crippen LogP contribution is 2.42. The molecule has 3 aromatic carbocycles. The average Bonchev–Trinajstić information content (AvgIpc) is 3.25. The molecule has 0 saturated carbocycles. The molecule has 2 N–H and O–H groups in total. The number of nitrogens with zero attached hydrogens (tertiary/aromatic N) is 1. The fourth-order valence-electron chi connectivity index (χ4n) is 4.72. The molecule has 4 nitrogen and oxygen atoms in total. The van der Waals surface area contributed by atoms with Crippen molar-refractivity contribution in [1.82, 2.24) is 4.57 Å². The maximum Gasteiger partial charge on any atom is 0.258 e. The molecule has 38 heavy (non-hydrogen) atoms. The molecule has 0 aliphatic rings. The van der Waals surface area contributed by atoms with Gasteiger partial charge in [0.2, 0.25) is 0 Å². The minimum absolute atomic E-state index is 0. The highest BCUT2D eigenvalue weighted by atomic mass is 19.1. The molecule has 4 aromatic rings. The van der Waals surface area contributed by atoms with Gasteiger partial charge in [-0.15, -0.1) is 12.3 Å². The van der Waals surface area contributed by atoms with E-state index < -0.39 is 6.10 Å². The van der Waals surface area contributed by atoms with Crippen LogP contribution in [0.15, 0.2) is 84.9 Å². The Labute approximate surface area is 226 Å². The van der Waals surface area contributed by atoms with Gasteiger partial charge in [0.1, 0.15) is 5.82 Å². The molecular weight excluding hydrogens is 475 g/mol. The highest BCUT2D eigenvalue weighted by molar-refractivity contribution is 6.12. The Kier molecular flexibility index (Phi) is 9.65. The lowest BCUT2D eigenvalue weighted by Gasteiger charge is -2.18. The number of nitrogens with one attached hydrogen (secondary N) is 1. The number of hydrogen-bond donors (Lipinski definition) is 2. The molecular formula is C33H37FN2O2.